The van der Waals surface area contributed by atoms with Crippen LogP contribution in [0.3, 0.4) is 0 Å². The van der Waals surface area contributed by atoms with Crippen molar-refractivity contribution in [1.82, 2.24) is 0 Å². The maximum atomic E-state index is 12.5. The van der Waals surface area contributed by atoms with Crippen LogP contribution in [0, 0.1) is 0 Å². The molecule has 2 unspecified atom stereocenters. The van der Waals surface area contributed by atoms with E-state index >= 15 is 0 Å². The summed E-state index contributed by atoms with van der Waals surface area (Å²) in [5, 5.41) is 12.7. The van der Waals surface area contributed by atoms with E-state index in [1.54, 1.807) is 19.1 Å². The number of anilines is 1. The number of thioether (sulfide) groups is 1. The lowest BCUT2D eigenvalue weighted by Crippen LogP contribution is -2.23. The maximum absolute atomic E-state index is 12.5. The average molecular weight is 391 g/mol. The molecule has 27 heavy (non-hydrogen) atoms. The minimum Gasteiger partial charge on any atom is -0.493 e. The number of methoxy groups -OCH3 is 3. The molecule has 0 saturated heterocycles. The third kappa shape index (κ3) is 5.55. The molecule has 0 aromatic heterocycles. The van der Waals surface area contributed by atoms with Crippen molar-refractivity contribution >= 4 is 23.4 Å². The number of nitrogens with one attached hydrogen (secondary N) is 1. The van der Waals surface area contributed by atoms with Crippen molar-refractivity contribution in [2.75, 3.05) is 32.4 Å². The molecule has 7 heteroatoms. The molecule has 2 rings (SSSR count). The van der Waals surface area contributed by atoms with Gasteiger partial charge in [-0.1, -0.05) is 30.3 Å². The molecule has 0 aliphatic heterocycles. The number of hydrogen-bond donors (Lipinski definition) is 2. The predicted octanol–water partition coefficient (Wildman–Crippen LogP) is 3.51. The van der Waals surface area contributed by atoms with Crippen LogP contribution in [-0.2, 0) is 4.79 Å². The van der Waals surface area contributed by atoms with Gasteiger partial charge in [-0.15, -0.1) is 11.8 Å². The summed E-state index contributed by atoms with van der Waals surface area (Å²) in [6.07, 6.45) is -0.618. The highest BCUT2D eigenvalue weighted by Crippen LogP contribution is 2.40. The monoisotopic (exact) mass is 391 g/mol. The second-order valence-electron chi connectivity index (χ2n) is 5.81. The van der Waals surface area contributed by atoms with Gasteiger partial charge in [0, 0.05) is 23.6 Å². The second-order valence-corrected chi connectivity index (χ2v) is 7.18. The first kappa shape index (κ1) is 20.9. The smallest absolute Gasteiger partial charge is 0.237 e. The normalized spacial score (nSPS) is 12.8. The molecular formula is C20H25NO5S. The summed E-state index contributed by atoms with van der Waals surface area (Å²) >= 11 is 1.39. The van der Waals surface area contributed by atoms with E-state index in [-0.39, 0.29) is 11.2 Å². The minimum absolute atomic E-state index is 0.172. The summed E-state index contributed by atoms with van der Waals surface area (Å²) in [5.41, 5.74) is 1.38. The van der Waals surface area contributed by atoms with E-state index in [2.05, 4.69) is 5.32 Å². The molecule has 2 N–H and O–H groups in total. The molecule has 2 atom stereocenters. The van der Waals surface area contributed by atoms with Gasteiger partial charge < -0.3 is 24.6 Å². The second kappa shape index (κ2) is 10.1. The van der Waals surface area contributed by atoms with Crippen LogP contribution in [0.4, 0.5) is 5.69 Å². The first-order chi connectivity index (χ1) is 13.0. The molecule has 0 spiro atoms. The molecule has 146 valence electrons. The van der Waals surface area contributed by atoms with E-state index in [0.717, 1.165) is 5.56 Å². The first-order valence-electron chi connectivity index (χ1n) is 8.45. The third-order valence-electron chi connectivity index (χ3n) is 3.99. The average Bonchev–Trinajstić information content (AvgIpc) is 2.71. The Balaban J connectivity index is 1.99. The van der Waals surface area contributed by atoms with E-state index in [9.17, 15) is 9.90 Å². The van der Waals surface area contributed by atoms with Gasteiger partial charge in [-0.2, -0.15) is 0 Å². The fourth-order valence-corrected chi connectivity index (χ4v) is 3.35. The molecule has 0 fully saturated rings. The molecule has 0 bridgehead atoms. The SMILES string of the molecule is COc1cc(NC(=O)C(C)SCC(O)c2ccccc2)cc(OC)c1OC. The Hall–Kier alpha value is -2.38. The largest absolute Gasteiger partial charge is 0.493 e. The van der Waals surface area contributed by atoms with Crippen molar-refractivity contribution < 1.29 is 24.1 Å². The van der Waals surface area contributed by atoms with Gasteiger partial charge in [-0.3, -0.25) is 4.79 Å². The van der Waals surface area contributed by atoms with Crippen LogP contribution in [-0.4, -0.2) is 43.3 Å². The van der Waals surface area contributed by atoms with Crippen LogP contribution in [0.2, 0.25) is 0 Å². The number of carbonyl (C=O) groups is 1. The number of benzene rings is 2. The van der Waals surface area contributed by atoms with E-state index in [1.807, 2.05) is 30.3 Å². The third-order valence-corrected chi connectivity index (χ3v) is 5.21. The molecule has 0 saturated carbocycles. The number of amides is 1. The summed E-state index contributed by atoms with van der Waals surface area (Å²) in [6.45, 7) is 1.80. The molecule has 0 aliphatic rings. The van der Waals surface area contributed by atoms with Crippen LogP contribution >= 0.6 is 11.8 Å². The number of carbonyl (C=O) groups excluding carboxylic acids is 1. The first-order valence-corrected chi connectivity index (χ1v) is 9.50. The Bertz CT molecular complexity index is 728. The number of hydrogen-bond acceptors (Lipinski definition) is 6. The Labute approximate surface area is 163 Å². The van der Waals surface area contributed by atoms with Crippen LogP contribution in [0.5, 0.6) is 17.2 Å². The minimum atomic E-state index is -0.618. The highest BCUT2D eigenvalue weighted by atomic mass is 32.2. The van der Waals surface area contributed by atoms with Gasteiger partial charge in [0.05, 0.1) is 32.7 Å². The van der Waals surface area contributed by atoms with E-state index in [4.69, 9.17) is 14.2 Å². The van der Waals surface area contributed by atoms with Gasteiger partial charge >= 0.3 is 0 Å². The predicted molar refractivity (Wildman–Crippen MR) is 108 cm³/mol. The molecule has 2 aromatic rings. The van der Waals surface area contributed by atoms with E-state index in [0.29, 0.717) is 28.7 Å². The quantitative estimate of drug-likeness (QED) is 0.681. The van der Waals surface area contributed by atoms with Gasteiger partial charge in [0.15, 0.2) is 11.5 Å². The van der Waals surface area contributed by atoms with E-state index < -0.39 is 6.10 Å². The zero-order valence-corrected chi connectivity index (χ0v) is 16.7. The maximum Gasteiger partial charge on any atom is 0.237 e. The Morgan fingerprint density at radius 1 is 1.07 bits per heavy atom. The summed E-state index contributed by atoms with van der Waals surface area (Å²) in [6, 6.07) is 12.7. The fraction of sp³-hybridized carbons (Fsp3) is 0.350. The van der Waals surface area contributed by atoms with Gasteiger partial charge in [0.25, 0.3) is 0 Å². The zero-order valence-electron chi connectivity index (χ0n) is 15.9. The standard InChI is InChI=1S/C20H25NO5S/c1-13(27-12-16(22)14-8-6-5-7-9-14)20(23)21-15-10-17(24-2)19(26-4)18(11-15)25-3/h5-11,13,16,22H,12H2,1-4H3,(H,21,23). The van der Waals surface area contributed by atoms with Crippen molar-refractivity contribution in [2.45, 2.75) is 18.3 Å². The van der Waals surface area contributed by atoms with Gasteiger partial charge in [0.1, 0.15) is 0 Å². The molecule has 0 aliphatic carbocycles. The highest BCUT2D eigenvalue weighted by Gasteiger charge is 2.19. The van der Waals surface area contributed by atoms with Gasteiger partial charge in [0.2, 0.25) is 11.7 Å². The number of aliphatic hydroxyl groups excluding tert-OH is 1. The Morgan fingerprint density at radius 2 is 1.67 bits per heavy atom. The fourth-order valence-electron chi connectivity index (χ4n) is 2.48. The lowest BCUT2D eigenvalue weighted by Gasteiger charge is -2.17. The van der Waals surface area contributed by atoms with E-state index in [1.165, 1.54) is 33.1 Å². The van der Waals surface area contributed by atoms with Crippen LogP contribution in [0.1, 0.15) is 18.6 Å². The van der Waals surface area contributed by atoms with Crippen LogP contribution in [0.15, 0.2) is 42.5 Å². The summed E-state index contributed by atoms with van der Waals surface area (Å²) in [4.78, 5) is 12.5. The van der Waals surface area contributed by atoms with Gasteiger partial charge in [-0.25, -0.2) is 0 Å². The lowest BCUT2D eigenvalue weighted by molar-refractivity contribution is -0.115. The van der Waals surface area contributed by atoms with Crippen LogP contribution < -0.4 is 19.5 Å². The van der Waals surface area contributed by atoms with Crippen molar-refractivity contribution in [3.05, 3.63) is 48.0 Å². The van der Waals surface area contributed by atoms with Crippen molar-refractivity contribution in [2.24, 2.45) is 0 Å². The molecule has 2 aromatic carbocycles. The number of rotatable bonds is 9. The summed E-state index contributed by atoms with van der Waals surface area (Å²) in [5.74, 6) is 1.65. The zero-order chi connectivity index (χ0) is 19.8. The summed E-state index contributed by atoms with van der Waals surface area (Å²) in [7, 11) is 4.56. The Morgan fingerprint density at radius 3 is 2.19 bits per heavy atom. The molecular weight excluding hydrogens is 366 g/mol. The molecule has 0 heterocycles. The highest BCUT2D eigenvalue weighted by molar-refractivity contribution is 8.00. The van der Waals surface area contributed by atoms with Crippen molar-refractivity contribution in [1.29, 1.82) is 0 Å². The topological polar surface area (TPSA) is 77.0 Å². The van der Waals surface area contributed by atoms with Gasteiger partial charge in [-0.05, 0) is 12.5 Å². The summed E-state index contributed by atoms with van der Waals surface area (Å²) < 4.78 is 15.9. The van der Waals surface area contributed by atoms with Crippen molar-refractivity contribution in [3.63, 3.8) is 0 Å². The number of aliphatic hydroxyl groups is 1. The molecule has 1 amide bonds. The molecule has 0 radical (unpaired) electrons. The number of ether oxygens (including phenoxy) is 3. The Kier molecular flexibility index (Phi) is 7.82. The molecule has 6 nitrogen and oxygen atoms in total. The van der Waals surface area contributed by atoms with Crippen molar-refractivity contribution in [3.8, 4) is 17.2 Å². The lowest BCUT2D eigenvalue weighted by atomic mass is 10.1. The van der Waals surface area contributed by atoms with Crippen LogP contribution in [0.25, 0.3) is 0 Å².